The molecule has 7 heteroatoms. The Labute approximate surface area is 264 Å². The second-order valence-electron chi connectivity index (χ2n) is 11.4. The molecule has 234 valence electrons. The van der Waals surface area contributed by atoms with E-state index in [1.54, 1.807) is 96.9 Å². The van der Waals surface area contributed by atoms with Crippen molar-refractivity contribution in [2.45, 2.75) is 64.5 Å². The molecule has 45 heavy (non-hydrogen) atoms. The van der Waals surface area contributed by atoms with Gasteiger partial charge in [-0.2, -0.15) is 0 Å². The highest BCUT2D eigenvalue weighted by Gasteiger charge is 2.21. The Morgan fingerprint density at radius 3 is 2.20 bits per heavy atom. The fourth-order valence-electron chi connectivity index (χ4n) is 5.32. The molecule has 0 saturated heterocycles. The van der Waals surface area contributed by atoms with Crippen molar-refractivity contribution in [3.63, 3.8) is 0 Å². The minimum atomic E-state index is -1.06. The number of unbranched alkanes of at least 4 members (excludes halogenated alkanes) is 4. The van der Waals surface area contributed by atoms with Crippen molar-refractivity contribution >= 4 is 23.3 Å². The van der Waals surface area contributed by atoms with E-state index in [0.717, 1.165) is 36.8 Å². The van der Waals surface area contributed by atoms with Gasteiger partial charge in [0.15, 0.2) is 5.78 Å². The summed E-state index contributed by atoms with van der Waals surface area (Å²) in [5.74, 6) is -1.55. The van der Waals surface area contributed by atoms with E-state index in [2.05, 4.69) is 12.2 Å². The summed E-state index contributed by atoms with van der Waals surface area (Å²) < 4.78 is 14.9. The van der Waals surface area contributed by atoms with Crippen molar-refractivity contribution in [2.75, 3.05) is 12.4 Å². The third-order valence-corrected chi connectivity index (χ3v) is 7.91. The molecule has 0 heterocycles. The summed E-state index contributed by atoms with van der Waals surface area (Å²) in [6, 6.07) is 26.7. The molecule has 0 aliphatic carbocycles. The van der Waals surface area contributed by atoms with Gasteiger partial charge >= 0.3 is 5.97 Å². The van der Waals surface area contributed by atoms with E-state index in [-0.39, 0.29) is 23.9 Å². The average Bonchev–Trinajstić information content (AvgIpc) is 3.05. The lowest BCUT2D eigenvalue weighted by atomic mass is 9.98. The van der Waals surface area contributed by atoms with Crippen molar-refractivity contribution in [3.05, 3.63) is 125 Å². The molecule has 0 spiro atoms. The molecule has 4 rings (SSSR count). The summed E-state index contributed by atoms with van der Waals surface area (Å²) in [6.07, 6.45) is 6.08. The van der Waals surface area contributed by atoms with Crippen molar-refractivity contribution in [3.8, 4) is 11.1 Å². The Hall–Kier alpha value is -4.78. The molecule has 0 bridgehead atoms. The Morgan fingerprint density at radius 1 is 0.822 bits per heavy atom. The molecule has 0 fully saturated rings. The van der Waals surface area contributed by atoms with Crippen LogP contribution < -0.4 is 5.32 Å². The number of carboxylic acids is 1. The van der Waals surface area contributed by atoms with Gasteiger partial charge in [-0.25, -0.2) is 9.18 Å². The molecule has 4 aromatic rings. The van der Waals surface area contributed by atoms with Crippen LogP contribution in [0.15, 0.2) is 97.1 Å². The van der Waals surface area contributed by atoms with E-state index in [1.807, 2.05) is 6.07 Å². The molecular formula is C38H41FN2O4. The fraction of sp³-hybridized carbons (Fsp3) is 0.289. The van der Waals surface area contributed by atoms with Gasteiger partial charge in [0.2, 0.25) is 5.91 Å². The number of nitrogens with zero attached hydrogens (tertiary/aromatic N) is 1. The third-order valence-electron chi connectivity index (χ3n) is 7.91. The highest BCUT2D eigenvalue weighted by Crippen LogP contribution is 2.26. The number of benzene rings is 4. The molecule has 0 aliphatic heterocycles. The molecule has 2 N–H and O–H groups in total. The van der Waals surface area contributed by atoms with Crippen LogP contribution in [0.3, 0.4) is 0 Å². The zero-order valence-corrected chi connectivity index (χ0v) is 26.0. The Bertz CT molecular complexity index is 1590. The van der Waals surface area contributed by atoms with Gasteiger partial charge in [0.1, 0.15) is 11.9 Å². The number of aliphatic carboxylic acids is 1. The second kappa shape index (κ2) is 16.3. The first kappa shape index (κ1) is 33.1. The predicted molar refractivity (Wildman–Crippen MR) is 177 cm³/mol. The first-order chi connectivity index (χ1) is 21.8. The monoisotopic (exact) mass is 608 g/mol. The number of hydrogen-bond donors (Lipinski definition) is 2. The molecule has 1 amide bonds. The van der Waals surface area contributed by atoms with Crippen LogP contribution >= 0.6 is 0 Å². The number of nitrogens with one attached hydrogen (secondary N) is 1. The zero-order chi connectivity index (χ0) is 32.2. The van der Waals surface area contributed by atoms with E-state index in [1.165, 1.54) is 12.5 Å². The lowest BCUT2D eigenvalue weighted by molar-refractivity contribution is -0.138. The maximum Gasteiger partial charge on any atom is 0.326 e. The summed E-state index contributed by atoms with van der Waals surface area (Å²) >= 11 is 0. The number of ketones is 1. The predicted octanol–water partition coefficient (Wildman–Crippen LogP) is 8.15. The molecule has 0 radical (unpaired) electrons. The van der Waals surface area contributed by atoms with Crippen LogP contribution in [0.25, 0.3) is 11.1 Å². The standard InChI is InChI=1S/C38H41FN2O4/c1-3-4-5-6-10-17-36(42)41(2)26-28-20-23-33(39)32(24-28)29-21-18-27(19-22-29)25-35(38(44)45)40-34-16-12-11-15-31(34)37(43)30-13-8-7-9-14-30/h7-9,11-16,18-24,35,40H,3-6,10,17,25-26H2,1-2H3,(H,44,45). The summed E-state index contributed by atoms with van der Waals surface area (Å²) in [6.45, 7) is 2.55. The highest BCUT2D eigenvalue weighted by molar-refractivity contribution is 6.12. The zero-order valence-electron chi connectivity index (χ0n) is 26.0. The normalized spacial score (nSPS) is 11.5. The van der Waals surface area contributed by atoms with Crippen LogP contribution in [-0.2, 0) is 22.6 Å². The van der Waals surface area contributed by atoms with Gasteiger partial charge in [0, 0.05) is 48.8 Å². The van der Waals surface area contributed by atoms with E-state index in [4.69, 9.17) is 0 Å². The van der Waals surface area contributed by atoms with E-state index in [0.29, 0.717) is 40.9 Å². The second-order valence-corrected chi connectivity index (χ2v) is 11.4. The van der Waals surface area contributed by atoms with Crippen LogP contribution in [0.4, 0.5) is 10.1 Å². The molecular weight excluding hydrogens is 567 g/mol. The number of hydrogen-bond acceptors (Lipinski definition) is 4. The van der Waals surface area contributed by atoms with Gasteiger partial charge in [-0.05, 0) is 47.4 Å². The minimum Gasteiger partial charge on any atom is -0.480 e. The number of carbonyl (C=O) groups excluding carboxylic acids is 2. The quantitative estimate of drug-likeness (QED) is 0.0990. The Balaban J connectivity index is 1.43. The molecule has 1 unspecified atom stereocenters. The third kappa shape index (κ3) is 9.35. The lowest BCUT2D eigenvalue weighted by Crippen LogP contribution is -2.32. The first-order valence-electron chi connectivity index (χ1n) is 15.6. The van der Waals surface area contributed by atoms with Crippen molar-refractivity contribution in [1.82, 2.24) is 4.90 Å². The van der Waals surface area contributed by atoms with Gasteiger partial charge in [0.05, 0.1) is 0 Å². The maximum atomic E-state index is 14.9. The first-order valence-corrected chi connectivity index (χ1v) is 15.6. The van der Waals surface area contributed by atoms with Crippen molar-refractivity contribution < 1.29 is 23.9 Å². The van der Waals surface area contributed by atoms with Crippen LogP contribution in [0.2, 0.25) is 0 Å². The fourth-order valence-corrected chi connectivity index (χ4v) is 5.32. The molecule has 1 atom stereocenters. The minimum absolute atomic E-state index is 0.0791. The van der Waals surface area contributed by atoms with Crippen LogP contribution in [0.1, 0.15) is 72.5 Å². The van der Waals surface area contributed by atoms with Crippen molar-refractivity contribution in [1.29, 1.82) is 0 Å². The topological polar surface area (TPSA) is 86.7 Å². The molecule has 6 nitrogen and oxygen atoms in total. The summed E-state index contributed by atoms with van der Waals surface area (Å²) in [7, 11) is 1.77. The van der Waals surface area contributed by atoms with E-state index in [9.17, 15) is 23.9 Å². The number of carbonyl (C=O) groups is 3. The maximum absolute atomic E-state index is 14.9. The summed E-state index contributed by atoms with van der Waals surface area (Å²) in [5, 5.41) is 13.1. The summed E-state index contributed by atoms with van der Waals surface area (Å²) in [5.41, 5.74) is 3.99. The van der Waals surface area contributed by atoms with Gasteiger partial charge in [-0.15, -0.1) is 0 Å². The van der Waals surface area contributed by atoms with Crippen LogP contribution in [0, 0.1) is 5.82 Å². The molecule has 0 aromatic heterocycles. The number of halogens is 1. The number of anilines is 1. The smallest absolute Gasteiger partial charge is 0.326 e. The molecule has 0 aliphatic rings. The largest absolute Gasteiger partial charge is 0.480 e. The van der Waals surface area contributed by atoms with Crippen LogP contribution in [0.5, 0.6) is 0 Å². The van der Waals surface area contributed by atoms with Gasteiger partial charge in [-0.1, -0.05) is 105 Å². The Morgan fingerprint density at radius 2 is 1.49 bits per heavy atom. The number of rotatable bonds is 16. The van der Waals surface area contributed by atoms with Gasteiger partial charge in [-0.3, -0.25) is 9.59 Å². The average molecular weight is 609 g/mol. The lowest BCUT2D eigenvalue weighted by Gasteiger charge is -2.19. The highest BCUT2D eigenvalue weighted by atomic mass is 19.1. The van der Waals surface area contributed by atoms with Crippen molar-refractivity contribution in [2.24, 2.45) is 0 Å². The number of carboxylic acid groups (broad SMARTS) is 1. The number of para-hydroxylation sites is 1. The van der Waals surface area contributed by atoms with Gasteiger partial charge in [0.25, 0.3) is 0 Å². The van der Waals surface area contributed by atoms with E-state index >= 15 is 0 Å². The summed E-state index contributed by atoms with van der Waals surface area (Å²) in [4.78, 5) is 39.7. The SMILES string of the molecule is CCCCCCCC(=O)N(C)Cc1ccc(F)c(-c2ccc(CC(Nc3ccccc3C(=O)c3ccccc3)C(=O)O)cc2)c1. The molecule has 0 saturated carbocycles. The molecule has 4 aromatic carbocycles. The van der Waals surface area contributed by atoms with Gasteiger partial charge < -0.3 is 15.3 Å². The Kier molecular flexibility index (Phi) is 12.0. The number of amides is 1. The van der Waals surface area contributed by atoms with Crippen LogP contribution in [-0.4, -0.2) is 40.8 Å². The van der Waals surface area contributed by atoms with E-state index < -0.39 is 12.0 Å².